The normalized spacial score (nSPS) is 11.4. The van der Waals surface area contributed by atoms with E-state index in [0.717, 1.165) is 11.8 Å². The molecule has 33 heavy (non-hydrogen) atoms. The van der Waals surface area contributed by atoms with Gasteiger partial charge in [0, 0.05) is 23.0 Å². The van der Waals surface area contributed by atoms with Crippen LogP contribution in [0.3, 0.4) is 0 Å². The SMILES string of the molecule is O=C(Nc1ccc(Cn2ccccc2=O)cc1)c1cnn(-c2ccc(Cl)cc2)c1C(F)(F)F. The molecular formula is C23H16ClF3N4O2. The lowest BCUT2D eigenvalue weighted by Crippen LogP contribution is -2.21. The predicted octanol–water partition coefficient (Wildman–Crippen LogP) is 5.01. The topological polar surface area (TPSA) is 68.9 Å². The number of rotatable bonds is 5. The van der Waals surface area contributed by atoms with Gasteiger partial charge in [-0.25, -0.2) is 4.68 Å². The minimum Gasteiger partial charge on any atom is -0.322 e. The van der Waals surface area contributed by atoms with E-state index in [1.165, 1.54) is 34.9 Å². The first kappa shape index (κ1) is 22.3. The van der Waals surface area contributed by atoms with Crippen LogP contribution in [0.15, 0.2) is 83.9 Å². The van der Waals surface area contributed by atoms with Crippen LogP contribution in [0.4, 0.5) is 18.9 Å². The van der Waals surface area contributed by atoms with Crippen molar-refractivity contribution in [3.05, 3.63) is 111 Å². The summed E-state index contributed by atoms with van der Waals surface area (Å²) in [6.45, 7) is 0.319. The number of aromatic nitrogens is 3. The zero-order chi connectivity index (χ0) is 23.6. The number of nitrogens with zero attached hydrogens (tertiary/aromatic N) is 3. The molecule has 0 spiro atoms. The number of hydrogen-bond donors (Lipinski definition) is 1. The van der Waals surface area contributed by atoms with Crippen LogP contribution in [0.1, 0.15) is 21.6 Å². The number of amides is 1. The molecule has 10 heteroatoms. The summed E-state index contributed by atoms with van der Waals surface area (Å²) >= 11 is 5.81. The van der Waals surface area contributed by atoms with Gasteiger partial charge in [0.05, 0.1) is 24.0 Å². The molecule has 0 saturated heterocycles. The Kier molecular flexibility index (Phi) is 6.06. The van der Waals surface area contributed by atoms with Gasteiger partial charge < -0.3 is 9.88 Å². The van der Waals surface area contributed by atoms with E-state index < -0.39 is 23.3 Å². The van der Waals surface area contributed by atoms with Crippen LogP contribution in [0.5, 0.6) is 0 Å². The van der Waals surface area contributed by atoms with Crippen LogP contribution < -0.4 is 10.9 Å². The Morgan fingerprint density at radius 2 is 1.70 bits per heavy atom. The van der Waals surface area contributed by atoms with Gasteiger partial charge in [0.15, 0.2) is 5.69 Å². The molecule has 0 radical (unpaired) electrons. The molecule has 0 atom stereocenters. The quantitative estimate of drug-likeness (QED) is 0.444. The number of alkyl halides is 3. The lowest BCUT2D eigenvalue weighted by Gasteiger charge is -2.13. The molecule has 2 heterocycles. The predicted molar refractivity (Wildman–Crippen MR) is 118 cm³/mol. The largest absolute Gasteiger partial charge is 0.434 e. The molecule has 0 bridgehead atoms. The van der Waals surface area contributed by atoms with Gasteiger partial charge in [0.2, 0.25) is 0 Å². The van der Waals surface area contributed by atoms with Crippen LogP contribution in [-0.4, -0.2) is 20.3 Å². The van der Waals surface area contributed by atoms with Crippen molar-refractivity contribution in [2.75, 3.05) is 5.32 Å². The van der Waals surface area contributed by atoms with Gasteiger partial charge in [0.1, 0.15) is 0 Å². The van der Waals surface area contributed by atoms with Crippen molar-refractivity contribution >= 4 is 23.2 Å². The first-order valence-corrected chi connectivity index (χ1v) is 10.1. The van der Waals surface area contributed by atoms with E-state index in [1.807, 2.05) is 0 Å². The van der Waals surface area contributed by atoms with Crippen molar-refractivity contribution in [2.24, 2.45) is 0 Å². The van der Waals surface area contributed by atoms with Crippen molar-refractivity contribution in [3.63, 3.8) is 0 Å². The number of hydrogen-bond acceptors (Lipinski definition) is 3. The fraction of sp³-hybridized carbons (Fsp3) is 0.0870. The van der Waals surface area contributed by atoms with Crippen LogP contribution >= 0.6 is 11.6 Å². The Hall–Kier alpha value is -3.85. The molecule has 1 amide bonds. The lowest BCUT2D eigenvalue weighted by molar-refractivity contribution is -0.143. The van der Waals surface area contributed by atoms with Crippen molar-refractivity contribution < 1.29 is 18.0 Å². The number of nitrogens with one attached hydrogen (secondary N) is 1. The zero-order valence-corrected chi connectivity index (χ0v) is 17.6. The minimum atomic E-state index is -4.82. The van der Waals surface area contributed by atoms with E-state index in [4.69, 9.17) is 11.6 Å². The van der Waals surface area contributed by atoms with E-state index >= 15 is 0 Å². The Morgan fingerprint density at radius 3 is 2.33 bits per heavy atom. The summed E-state index contributed by atoms with van der Waals surface area (Å²) in [5, 5.41) is 6.60. The summed E-state index contributed by atoms with van der Waals surface area (Å²) in [5.41, 5.74) is -0.761. The number of halogens is 4. The summed E-state index contributed by atoms with van der Waals surface area (Å²) in [5.74, 6) is -0.949. The van der Waals surface area contributed by atoms with Gasteiger partial charge in [-0.3, -0.25) is 9.59 Å². The highest BCUT2D eigenvalue weighted by Gasteiger charge is 2.40. The molecule has 0 aliphatic heterocycles. The van der Waals surface area contributed by atoms with Crippen molar-refractivity contribution in [3.8, 4) is 5.69 Å². The molecule has 0 saturated carbocycles. The van der Waals surface area contributed by atoms with Crippen LogP contribution in [0.25, 0.3) is 5.69 Å². The van der Waals surface area contributed by atoms with Gasteiger partial charge >= 0.3 is 6.18 Å². The molecule has 1 N–H and O–H groups in total. The second-order valence-electron chi connectivity index (χ2n) is 7.11. The number of carbonyl (C=O) groups excluding carboxylic acids is 1. The summed E-state index contributed by atoms with van der Waals surface area (Å²) in [6.07, 6.45) is -2.30. The maximum atomic E-state index is 13.8. The summed E-state index contributed by atoms with van der Waals surface area (Å²) in [4.78, 5) is 24.5. The molecule has 0 aliphatic rings. The fourth-order valence-corrected chi connectivity index (χ4v) is 3.37. The highest BCUT2D eigenvalue weighted by Crippen LogP contribution is 2.34. The van der Waals surface area contributed by atoms with Gasteiger partial charge in [-0.1, -0.05) is 29.8 Å². The number of carbonyl (C=O) groups is 1. The molecular weight excluding hydrogens is 457 g/mol. The third-order valence-electron chi connectivity index (χ3n) is 4.82. The molecule has 0 aliphatic carbocycles. The van der Waals surface area contributed by atoms with E-state index in [9.17, 15) is 22.8 Å². The van der Waals surface area contributed by atoms with E-state index in [1.54, 1.807) is 42.6 Å². The van der Waals surface area contributed by atoms with Gasteiger partial charge in [-0.2, -0.15) is 18.3 Å². The standard InChI is InChI=1S/C23H16ClF3N4O2/c24-16-6-10-18(11-7-16)31-21(23(25,26)27)19(13-28-31)22(33)29-17-8-4-15(5-9-17)14-30-12-2-1-3-20(30)32/h1-13H,14H2,(H,29,33). The molecule has 0 unspecified atom stereocenters. The van der Waals surface area contributed by atoms with E-state index in [0.29, 0.717) is 21.9 Å². The Morgan fingerprint density at radius 1 is 1.00 bits per heavy atom. The number of benzene rings is 2. The smallest absolute Gasteiger partial charge is 0.322 e. The molecule has 6 nitrogen and oxygen atoms in total. The van der Waals surface area contributed by atoms with Crippen LogP contribution in [-0.2, 0) is 12.7 Å². The lowest BCUT2D eigenvalue weighted by atomic mass is 10.1. The highest BCUT2D eigenvalue weighted by atomic mass is 35.5. The minimum absolute atomic E-state index is 0.117. The average molecular weight is 473 g/mol. The molecule has 168 valence electrons. The highest BCUT2D eigenvalue weighted by molar-refractivity contribution is 6.30. The van der Waals surface area contributed by atoms with Crippen molar-refractivity contribution in [1.29, 1.82) is 0 Å². The Bertz CT molecular complexity index is 1340. The van der Waals surface area contributed by atoms with E-state index in [2.05, 4.69) is 10.4 Å². The second-order valence-corrected chi connectivity index (χ2v) is 7.55. The van der Waals surface area contributed by atoms with Crippen molar-refractivity contribution in [1.82, 2.24) is 14.3 Å². The maximum Gasteiger partial charge on any atom is 0.434 e. The van der Waals surface area contributed by atoms with Gasteiger partial charge in [-0.15, -0.1) is 0 Å². The third kappa shape index (κ3) is 4.98. The molecule has 0 fully saturated rings. The maximum absolute atomic E-state index is 13.8. The van der Waals surface area contributed by atoms with E-state index in [-0.39, 0.29) is 11.2 Å². The van der Waals surface area contributed by atoms with Crippen molar-refractivity contribution in [2.45, 2.75) is 12.7 Å². The van der Waals surface area contributed by atoms with Gasteiger partial charge in [0.25, 0.3) is 11.5 Å². The molecule has 2 aromatic carbocycles. The average Bonchev–Trinajstić information content (AvgIpc) is 3.23. The fourth-order valence-electron chi connectivity index (χ4n) is 3.25. The second kappa shape index (κ2) is 8.95. The number of pyridine rings is 1. The first-order valence-electron chi connectivity index (χ1n) is 9.69. The molecule has 2 aromatic heterocycles. The number of anilines is 1. The summed E-state index contributed by atoms with van der Waals surface area (Å²) < 4.78 is 43.6. The Balaban J connectivity index is 1.57. The summed E-state index contributed by atoms with van der Waals surface area (Å²) in [7, 11) is 0. The monoisotopic (exact) mass is 472 g/mol. The van der Waals surface area contributed by atoms with Crippen LogP contribution in [0, 0.1) is 0 Å². The van der Waals surface area contributed by atoms with Crippen LogP contribution in [0.2, 0.25) is 5.02 Å². The van der Waals surface area contributed by atoms with Gasteiger partial charge in [-0.05, 0) is 48.0 Å². The zero-order valence-electron chi connectivity index (χ0n) is 16.9. The first-order chi connectivity index (χ1) is 15.7. The summed E-state index contributed by atoms with van der Waals surface area (Å²) in [6, 6.07) is 16.9. The molecule has 4 aromatic rings. The molecule has 4 rings (SSSR count). The Labute approximate surface area is 190 Å². The third-order valence-corrected chi connectivity index (χ3v) is 5.07.